The summed E-state index contributed by atoms with van der Waals surface area (Å²) in [6.45, 7) is 18.3. The lowest BCUT2D eigenvalue weighted by molar-refractivity contribution is -0.199. The molecule has 0 spiro atoms. The third-order valence-corrected chi connectivity index (χ3v) is 13.4. The maximum absolute atomic E-state index is 13.2. The Kier molecular flexibility index (Phi) is 5.31. The van der Waals surface area contributed by atoms with Crippen molar-refractivity contribution in [1.29, 1.82) is 0 Å². The number of allylic oxidation sites excluding steroid dienone is 2. The zero-order valence-corrected chi connectivity index (χ0v) is 23.0. The molecule has 1 N–H and O–H groups in total. The van der Waals surface area contributed by atoms with Gasteiger partial charge in [0.05, 0.1) is 0 Å². The van der Waals surface area contributed by atoms with E-state index in [2.05, 4.69) is 54.5 Å². The Bertz CT molecular complexity index is 946. The van der Waals surface area contributed by atoms with E-state index in [0.717, 1.165) is 38.5 Å². The predicted molar refractivity (Wildman–Crippen MR) is 136 cm³/mol. The van der Waals surface area contributed by atoms with Crippen LogP contribution in [-0.4, -0.2) is 22.8 Å². The number of aliphatic hydroxyl groups is 1. The van der Waals surface area contributed by atoms with Gasteiger partial charge in [0.2, 0.25) is 0 Å². The summed E-state index contributed by atoms with van der Waals surface area (Å²) >= 11 is 0. The van der Waals surface area contributed by atoms with E-state index >= 15 is 0 Å². The Hall–Kier alpha value is -0.960. The number of hydrogen-bond donors (Lipinski definition) is 1. The molecule has 34 heavy (non-hydrogen) atoms. The number of fused-ring (bicyclic) bond motifs is 7. The standard InChI is InChI=1S/C31H48O3/c1-18-11-14-31(20(3)32)16-15-29(7)21(25(31)19(18)2)9-10-24-28(6)17-22(33)26(34)27(4,5)23(28)12-13-30(24,29)8/h9,18-19,22-25,33H,10-17H2,1-8H3. The summed E-state index contributed by atoms with van der Waals surface area (Å²) in [5, 5.41) is 10.9. The maximum Gasteiger partial charge on any atom is 0.167 e. The lowest BCUT2D eigenvalue weighted by atomic mass is 9.33. The molecule has 0 aromatic heterocycles. The van der Waals surface area contributed by atoms with E-state index < -0.39 is 11.5 Å². The summed E-state index contributed by atoms with van der Waals surface area (Å²) in [5.41, 5.74) is 1.12. The molecule has 3 nitrogen and oxygen atoms in total. The molecule has 0 aromatic carbocycles. The molecule has 0 bridgehead atoms. The largest absolute Gasteiger partial charge is 0.385 e. The Morgan fingerprint density at radius 2 is 1.65 bits per heavy atom. The third kappa shape index (κ3) is 2.74. The van der Waals surface area contributed by atoms with Crippen molar-refractivity contribution >= 4 is 11.6 Å². The second kappa shape index (κ2) is 7.30. The molecule has 0 amide bonds. The molecular weight excluding hydrogens is 420 g/mol. The quantitative estimate of drug-likeness (QED) is 0.432. The van der Waals surface area contributed by atoms with Crippen LogP contribution >= 0.6 is 0 Å². The van der Waals surface area contributed by atoms with Gasteiger partial charge in [0.1, 0.15) is 11.9 Å². The van der Waals surface area contributed by atoms with Gasteiger partial charge in [-0.3, -0.25) is 9.59 Å². The highest BCUT2D eigenvalue weighted by Crippen LogP contribution is 2.75. The van der Waals surface area contributed by atoms with E-state index in [1.54, 1.807) is 5.57 Å². The van der Waals surface area contributed by atoms with E-state index in [9.17, 15) is 14.7 Å². The molecule has 10 unspecified atom stereocenters. The molecule has 0 aliphatic heterocycles. The van der Waals surface area contributed by atoms with Gasteiger partial charge >= 0.3 is 0 Å². The summed E-state index contributed by atoms with van der Waals surface area (Å²) in [4.78, 5) is 26.2. The van der Waals surface area contributed by atoms with Crippen molar-refractivity contribution < 1.29 is 14.7 Å². The van der Waals surface area contributed by atoms with Crippen LogP contribution in [0.15, 0.2) is 11.6 Å². The minimum atomic E-state index is -0.840. The van der Waals surface area contributed by atoms with Gasteiger partial charge in [0.15, 0.2) is 5.78 Å². The van der Waals surface area contributed by atoms with E-state index in [0.29, 0.717) is 41.8 Å². The van der Waals surface area contributed by atoms with Crippen LogP contribution in [0.1, 0.15) is 107 Å². The van der Waals surface area contributed by atoms with Crippen molar-refractivity contribution in [3.8, 4) is 0 Å². The first kappa shape index (κ1) is 24.7. The van der Waals surface area contributed by atoms with Gasteiger partial charge in [-0.25, -0.2) is 0 Å². The number of aliphatic hydroxyl groups excluding tert-OH is 1. The van der Waals surface area contributed by atoms with E-state index in [1.165, 1.54) is 6.42 Å². The van der Waals surface area contributed by atoms with Crippen molar-refractivity contribution in [1.82, 2.24) is 0 Å². The molecule has 5 rings (SSSR count). The van der Waals surface area contributed by atoms with Crippen LogP contribution in [0.5, 0.6) is 0 Å². The molecule has 190 valence electrons. The Labute approximate surface area is 207 Å². The highest BCUT2D eigenvalue weighted by atomic mass is 16.3. The van der Waals surface area contributed by atoms with Crippen LogP contribution in [0.25, 0.3) is 0 Å². The number of ketones is 2. The predicted octanol–water partition coefficient (Wildman–Crippen LogP) is 6.77. The Morgan fingerprint density at radius 1 is 0.971 bits per heavy atom. The topological polar surface area (TPSA) is 54.4 Å². The fourth-order valence-electron chi connectivity index (χ4n) is 11.0. The highest BCUT2D eigenvalue weighted by Gasteiger charge is 2.69. The van der Waals surface area contributed by atoms with Gasteiger partial charge in [-0.2, -0.15) is 0 Å². The van der Waals surface area contributed by atoms with Crippen LogP contribution in [0, 0.1) is 56.7 Å². The van der Waals surface area contributed by atoms with E-state index in [4.69, 9.17) is 0 Å². The van der Waals surface area contributed by atoms with Crippen molar-refractivity contribution in [2.45, 2.75) is 113 Å². The summed E-state index contributed by atoms with van der Waals surface area (Å²) in [6.07, 6.45) is 9.90. The second-order valence-electron chi connectivity index (χ2n) is 14.7. The van der Waals surface area contributed by atoms with Crippen molar-refractivity contribution in [3.05, 3.63) is 11.6 Å². The molecule has 5 aliphatic rings. The molecule has 0 aromatic rings. The number of rotatable bonds is 1. The first-order valence-corrected chi connectivity index (χ1v) is 14.1. The van der Waals surface area contributed by atoms with Gasteiger partial charge in [-0.15, -0.1) is 0 Å². The first-order valence-electron chi connectivity index (χ1n) is 14.1. The Balaban J connectivity index is 1.63. The van der Waals surface area contributed by atoms with E-state index in [1.807, 2.05) is 6.92 Å². The molecular formula is C31H48O3. The second-order valence-corrected chi connectivity index (χ2v) is 14.7. The van der Waals surface area contributed by atoms with Gasteiger partial charge < -0.3 is 5.11 Å². The molecule has 0 radical (unpaired) electrons. The monoisotopic (exact) mass is 468 g/mol. The minimum absolute atomic E-state index is 0.0462. The van der Waals surface area contributed by atoms with Gasteiger partial charge in [0, 0.05) is 10.8 Å². The molecule has 0 saturated heterocycles. The van der Waals surface area contributed by atoms with Gasteiger partial charge in [-0.05, 0) is 104 Å². The lowest BCUT2D eigenvalue weighted by Gasteiger charge is -2.71. The maximum atomic E-state index is 13.2. The molecule has 5 aliphatic carbocycles. The summed E-state index contributed by atoms with van der Waals surface area (Å²) in [6, 6.07) is 0. The minimum Gasteiger partial charge on any atom is -0.385 e. The fraction of sp³-hybridized carbons (Fsp3) is 0.871. The summed E-state index contributed by atoms with van der Waals surface area (Å²) in [7, 11) is 0. The zero-order chi connectivity index (χ0) is 25.1. The average Bonchev–Trinajstić information content (AvgIpc) is 2.75. The molecule has 3 heteroatoms. The number of hydrogen-bond acceptors (Lipinski definition) is 3. The van der Waals surface area contributed by atoms with Crippen molar-refractivity contribution in [3.63, 3.8) is 0 Å². The van der Waals surface area contributed by atoms with Crippen LogP contribution in [0.4, 0.5) is 0 Å². The van der Waals surface area contributed by atoms with E-state index in [-0.39, 0.29) is 27.4 Å². The fourth-order valence-corrected chi connectivity index (χ4v) is 11.0. The normalized spacial score (nSPS) is 54.1. The molecule has 4 fully saturated rings. The summed E-state index contributed by atoms with van der Waals surface area (Å²) < 4.78 is 0. The third-order valence-electron chi connectivity index (χ3n) is 13.4. The smallest absolute Gasteiger partial charge is 0.167 e. The van der Waals surface area contributed by atoms with Crippen LogP contribution < -0.4 is 0 Å². The van der Waals surface area contributed by atoms with Crippen LogP contribution in [-0.2, 0) is 9.59 Å². The number of carbonyl (C=O) groups excluding carboxylic acids is 2. The SMILES string of the molecule is CC(=O)C12CCC(C)C(C)C1C1=CCC3C4(C)CC(O)C(=O)C(C)(C)C4CCC3(C)C1(C)CC2. The van der Waals surface area contributed by atoms with Crippen LogP contribution in [0.2, 0.25) is 0 Å². The molecule has 10 atom stereocenters. The number of Topliss-reactive ketones (excluding diaryl/α,β-unsaturated/α-hetero) is 2. The Morgan fingerprint density at radius 3 is 2.29 bits per heavy atom. The van der Waals surface area contributed by atoms with Crippen molar-refractivity contribution in [2.75, 3.05) is 0 Å². The highest BCUT2D eigenvalue weighted by molar-refractivity contribution is 5.89. The first-order chi connectivity index (χ1) is 15.7. The number of carbonyl (C=O) groups is 2. The lowest BCUT2D eigenvalue weighted by Crippen LogP contribution is -2.66. The van der Waals surface area contributed by atoms with Gasteiger partial charge in [0.25, 0.3) is 0 Å². The van der Waals surface area contributed by atoms with Crippen molar-refractivity contribution in [2.24, 2.45) is 56.7 Å². The average molecular weight is 469 g/mol. The molecule has 4 saturated carbocycles. The van der Waals surface area contributed by atoms with Gasteiger partial charge in [-0.1, -0.05) is 60.1 Å². The summed E-state index contributed by atoms with van der Waals surface area (Å²) in [5.74, 6) is 2.79. The zero-order valence-electron chi connectivity index (χ0n) is 23.0. The van der Waals surface area contributed by atoms with Crippen LogP contribution in [0.3, 0.4) is 0 Å². The molecule has 0 heterocycles.